The Balaban J connectivity index is 1.74. The highest BCUT2D eigenvalue weighted by Crippen LogP contribution is 2.42. The number of ether oxygens (including phenoxy) is 3. The molecule has 3 rings (SSSR count). The third-order valence-electron chi connectivity index (χ3n) is 4.87. The molecule has 0 aromatic carbocycles. The lowest BCUT2D eigenvalue weighted by Crippen LogP contribution is -2.52. The predicted molar refractivity (Wildman–Crippen MR) is 67.5 cm³/mol. The van der Waals surface area contributed by atoms with Crippen molar-refractivity contribution in [3.05, 3.63) is 0 Å². The zero-order valence-corrected chi connectivity index (χ0v) is 11.3. The summed E-state index contributed by atoms with van der Waals surface area (Å²) in [6.45, 7) is 1.60. The first-order valence-corrected chi connectivity index (χ1v) is 7.42. The summed E-state index contributed by atoms with van der Waals surface area (Å²) < 4.78 is 17.2. The average molecular weight is 272 g/mol. The van der Waals surface area contributed by atoms with Gasteiger partial charge in [-0.1, -0.05) is 12.8 Å². The molecule has 3 fully saturated rings. The first-order chi connectivity index (χ1) is 9.24. The second kappa shape index (κ2) is 5.66. The summed E-state index contributed by atoms with van der Waals surface area (Å²) in [6.07, 6.45) is 4.33. The molecule has 5 heteroatoms. The normalized spacial score (nSPS) is 42.6. The lowest BCUT2D eigenvalue weighted by atomic mass is 9.72. The van der Waals surface area contributed by atoms with E-state index in [1.54, 1.807) is 0 Å². The summed E-state index contributed by atoms with van der Waals surface area (Å²) in [4.78, 5) is 0. The molecule has 2 heterocycles. The molecule has 0 aromatic rings. The van der Waals surface area contributed by atoms with Crippen molar-refractivity contribution >= 4 is 0 Å². The van der Waals surface area contributed by atoms with Gasteiger partial charge in [-0.15, -0.1) is 0 Å². The Morgan fingerprint density at radius 2 is 1.79 bits per heavy atom. The second-order valence-corrected chi connectivity index (χ2v) is 6.02. The van der Waals surface area contributed by atoms with E-state index in [0.717, 1.165) is 32.1 Å². The van der Waals surface area contributed by atoms with Crippen LogP contribution in [0.4, 0.5) is 0 Å². The van der Waals surface area contributed by atoms with Crippen LogP contribution in [0.25, 0.3) is 0 Å². The lowest BCUT2D eigenvalue weighted by molar-refractivity contribution is -0.263. The van der Waals surface area contributed by atoms with Gasteiger partial charge in [0.05, 0.1) is 32.0 Å². The van der Waals surface area contributed by atoms with Gasteiger partial charge < -0.3 is 24.4 Å². The van der Waals surface area contributed by atoms with Gasteiger partial charge in [0.15, 0.2) is 5.79 Å². The van der Waals surface area contributed by atoms with Gasteiger partial charge in [0.25, 0.3) is 0 Å². The summed E-state index contributed by atoms with van der Waals surface area (Å²) in [5, 5.41) is 19.8. The van der Waals surface area contributed by atoms with Crippen LogP contribution in [0.15, 0.2) is 0 Å². The van der Waals surface area contributed by atoms with Crippen molar-refractivity contribution in [1.82, 2.24) is 0 Å². The third-order valence-corrected chi connectivity index (χ3v) is 4.87. The maximum Gasteiger partial charge on any atom is 0.192 e. The fraction of sp³-hybridized carbons (Fsp3) is 1.00. The number of hydrogen-bond donors (Lipinski definition) is 2. The number of hydrogen-bond acceptors (Lipinski definition) is 5. The highest BCUT2D eigenvalue weighted by Gasteiger charge is 2.49. The zero-order valence-electron chi connectivity index (χ0n) is 11.3. The Morgan fingerprint density at radius 1 is 1.05 bits per heavy atom. The zero-order chi connectivity index (χ0) is 13.3. The number of rotatable bonds is 2. The molecule has 0 amide bonds. The van der Waals surface area contributed by atoms with Crippen molar-refractivity contribution < 1.29 is 24.4 Å². The highest BCUT2D eigenvalue weighted by molar-refractivity contribution is 4.93. The van der Waals surface area contributed by atoms with E-state index < -0.39 is 5.79 Å². The van der Waals surface area contributed by atoms with Crippen LogP contribution in [0.5, 0.6) is 0 Å². The molecule has 4 atom stereocenters. The smallest absolute Gasteiger partial charge is 0.192 e. The SMILES string of the molecule is OC[C@H]1OCC2(C[C@@H]1[C@H]1CCCC[C@H]1O)OCCO2. The summed E-state index contributed by atoms with van der Waals surface area (Å²) in [6, 6.07) is 0. The van der Waals surface area contributed by atoms with Gasteiger partial charge in [-0.3, -0.25) is 0 Å². The monoisotopic (exact) mass is 272 g/mol. The predicted octanol–water partition coefficient (Wildman–Crippen LogP) is 0.678. The fourth-order valence-electron chi connectivity index (χ4n) is 3.86. The number of aliphatic hydroxyl groups is 2. The molecule has 1 saturated carbocycles. The van der Waals surface area contributed by atoms with Crippen molar-refractivity contribution in [2.75, 3.05) is 26.4 Å². The van der Waals surface area contributed by atoms with Crippen LogP contribution in [0, 0.1) is 11.8 Å². The summed E-state index contributed by atoms with van der Waals surface area (Å²) in [5.74, 6) is -0.323. The average Bonchev–Trinajstić information content (AvgIpc) is 2.88. The van der Waals surface area contributed by atoms with E-state index in [0.29, 0.717) is 19.8 Å². The topological polar surface area (TPSA) is 68.2 Å². The minimum absolute atomic E-state index is 0.00394. The molecule has 1 aliphatic carbocycles. The summed E-state index contributed by atoms with van der Waals surface area (Å²) >= 11 is 0. The summed E-state index contributed by atoms with van der Waals surface area (Å²) in [7, 11) is 0. The summed E-state index contributed by atoms with van der Waals surface area (Å²) in [5.41, 5.74) is 0. The Bertz CT molecular complexity index is 302. The van der Waals surface area contributed by atoms with E-state index >= 15 is 0 Å². The minimum Gasteiger partial charge on any atom is -0.394 e. The van der Waals surface area contributed by atoms with Gasteiger partial charge in [0.2, 0.25) is 0 Å². The van der Waals surface area contributed by atoms with Crippen molar-refractivity contribution in [2.45, 2.75) is 50.1 Å². The molecule has 1 spiro atoms. The van der Waals surface area contributed by atoms with Gasteiger partial charge in [-0.25, -0.2) is 0 Å². The molecule has 0 unspecified atom stereocenters. The number of aliphatic hydroxyl groups excluding tert-OH is 2. The van der Waals surface area contributed by atoms with Crippen LogP contribution in [0.3, 0.4) is 0 Å². The Morgan fingerprint density at radius 3 is 2.47 bits per heavy atom. The molecule has 0 radical (unpaired) electrons. The largest absolute Gasteiger partial charge is 0.394 e. The third kappa shape index (κ3) is 2.67. The van der Waals surface area contributed by atoms with E-state index in [-0.39, 0.29) is 30.7 Å². The van der Waals surface area contributed by atoms with Crippen LogP contribution >= 0.6 is 0 Å². The molecule has 3 aliphatic rings. The van der Waals surface area contributed by atoms with E-state index in [9.17, 15) is 10.2 Å². The maximum absolute atomic E-state index is 10.2. The van der Waals surface area contributed by atoms with Gasteiger partial charge >= 0.3 is 0 Å². The minimum atomic E-state index is -0.631. The van der Waals surface area contributed by atoms with Crippen LogP contribution < -0.4 is 0 Å². The van der Waals surface area contributed by atoms with Crippen LogP contribution in [0.2, 0.25) is 0 Å². The van der Waals surface area contributed by atoms with Gasteiger partial charge in [0, 0.05) is 6.42 Å². The molecule has 0 aromatic heterocycles. The molecule has 19 heavy (non-hydrogen) atoms. The molecule has 2 aliphatic heterocycles. The van der Waals surface area contributed by atoms with Gasteiger partial charge in [-0.2, -0.15) is 0 Å². The van der Waals surface area contributed by atoms with Gasteiger partial charge in [0.1, 0.15) is 6.61 Å². The standard InChI is InChI=1S/C14H24O5/c15-8-13-11(10-3-1-2-4-12(10)16)7-14(9-17-13)18-5-6-19-14/h10-13,15-16H,1-9H2/t10-,11-,12-,13-/m1/s1. The quantitative estimate of drug-likeness (QED) is 0.773. The molecular formula is C14H24O5. The maximum atomic E-state index is 10.2. The van der Waals surface area contributed by atoms with Crippen LogP contribution in [-0.4, -0.2) is 54.6 Å². The first-order valence-electron chi connectivity index (χ1n) is 7.42. The van der Waals surface area contributed by atoms with E-state index in [1.165, 1.54) is 0 Å². The first kappa shape index (κ1) is 13.8. The molecule has 2 saturated heterocycles. The Kier molecular flexibility index (Phi) is 4.10. The molecule has 110 valence electrons. The second-order valence-electron chi connectivity index (χ2n) is 6.02. The molecular weight excluding hydrogens is 248 g/mol. The molecule has 2 N–H and O–H groups in total. The van der Waals surface area contributed by atoms with Crippen molar-refractivity contribution in [3.63, 3.8) is 0 Å². The van der Waals surface area contributed by atoms with Crippen molar-refractivity contribution in [3.8, 4) is 0 Å². The van der Waals surface area contributed by atoms with E-state index in [4.69, 9.17) is 14.2 Å². The van der Waals surface area contributed by atoms with Crippen molar-refractivity contribution in [2.24, 2.45) is 11.8 Å². The van der Waals surface area contributed by atoms with Crippen molar-refractivity contribution in [1.29, 1.82) is 0 Å². The Hall–Kier alpha value is -0.200. The van der Waals surface area contributed by atoms with Crippen LogP contribution in [-0.2, 0) is 14.2 Å². The van der Waals surface area contributed by atoms with Gasteiger partial charge in [-0.05, 0) is 24.7 Å². The van der Waals surface area contributed by atoms with E-state index in [1.807, 2.05) is 0 Å². The lowest BCUT2D eigenvalue weighted by Gasteiger charge is -2.45. The van der Waals surface area contributed by atoms with Crippen LogP contribution in [0.1, 0.15) is 32.1 Å². The highest BCUT2D eigenvalue weighted by atomic mass is 16.8. The van der Waals surface area contributed by atoms with E-state index in [2.05, 4.69) is 0 Å². The Labute approximate surface area is 113 Å². The molecule has 0 bridgehead atoms. The fourth-order valence-corrected chi connectivity index (χ4v) is 3.86. The molecule has 5 nitrogen and oxygen atoms in total.